The van der Waals surface area contributed by atoms with Crippen LogP contribution in [0.25, 0.3) is 55.3 Å². The Morgan fingerprint density at radius 2 is 0.967 bits per heavy atom. The molecule has 0 unspecified atom stereocenters. The largest absolute Gasteiger partial charge is 0.192 e. The van der Waals surface area contributed by atoms with E-state index in [-0.39, 0.29) is 0 Å². The third-order valence-corrected chi connectivity index (χ3v) is 6.09. The molecule has 0 heterocycles. The summed E-state index contributed by atoms with van der Waals surface area (Å²) in [6.45, 7) is 0. The van der Waals surface area contributed by atoms with Gasteiger partial charge in [-0.2, -0.15) is 5.26 Å². The zero-order valence-electron chi connectivity index (χ0n) is 16.3. The van der Waals surface area contributed by atoms with Crippen LogP contribution >= 0.6 is 0 Å². The van der Waals surface area contributed by atoms with Gasteiger partial charge in [0.15, 0.2) is 0 Å². The molecule has 0 saturated heterocycles. The molecule has 5 aromatic rings. The molecule has 1 aliphatic rings. The molecule has 0 spiro atoms. The molecule has 0 radical (unpaired) electrons. The molecule has 0 amide bonds. The van der Waals surface area contributed by atoms with Crippen LogP contribution < -0.4 is 0 Å². The molecule has 30 heavy (non-hydrogen) atoms. The molecule has 0 atom stereocenters. The van der Waals surface area contributed by atoms with E-state index in [2.05, 4.69) is 84.9 Å². The summed E-state index contributed by atoms with van der Waals surface area (Å²) in [5.74, 6) is 0. The summed E-state index contributed by atoms with van der Waals surface area (Å²) in [4.78, 5) is 0. The van der Waals surface area contributed by atoms with Crippen molar-refractivity contribution in [1.82, 2.24) is 0 Å². The van der Waals surface area contributed by atoms with Crippen molar-refractivity contribution in [3.63, 3.8) is 0 Å². The number of hydrogen-bond donors (Lipinski definition) is 0. The van der Waals surface area contributed by atoms with Crippen LogP contribution in [0.4, 0.5) is 0 Å². The van der Waals surface area contributed by atoms with Gasteiger partial charge in [-0.1, -0.05) is 91.0 Å². The summed E-state index contributed by atoms with van der Waals surface area (Å²) in [5.41, 5.74) is 10.7. The molecule has 1 heteroatoms. The van der Waals surface area contributed by atoms with Crippen LogP contribution in [0, 0.1) is 11.3 Å². The molecule has 1 nitrogen and oxygen atoms in total. The summed E-state index contributed by atoms with van der Waals surface area (Å²) in [6.07, 6.45) is 0. The Kier molecular flexibility index (Phi) is 3.60. The van der Waals surface area contributed by atoms with Crippen molar-refractivity contribution < 1.29 is 0 Å². The van der Waals surface area contributed by atoms with Gasteiger partial charge in [-0.15, -0.1) is 0 Å². The summed E-state index contributed by atoms with van der Waals surface area (Å²) < 4.78 is 0. The minimum atomic E-state index is 0.684. The van der Waals surface area contributed by atoms with Crippen molar-refractivity contribution in [2.45, 2.75) is 0 Å². The highest BCUT2D eigenvalue weighted by molar-refractivity contribution is 6.18. The van der Waals surface area contributed by atoms with Gasteiger partial charge in [0.05, 0.1) is 11.6 Å². The van der Waals surface area contributed by atoms with Crippen molar-refractivity contribution in [3.8, 4) is 50.6 Å². The zero-order chi connectivity index (χ0) is 20.1. The van der Waals surface area contributed by atoms with Crippen LogP contribution in [0.2, 0.25) is 0 Å². The number of fused-ring (bicyclic) bond motifs is 3. The summed E-state index contributed by atoms with van der Waals surface area (Å²) in [7, 11) is 0. The van der Waals surface area contributed by atoms with Crippen LogP contribution in [-0.4, -0.2) is 0 Å². The van der Waals surface area contributed by atoms with E-state index < -0.39 is 0 Å². The lowest BCUT2D eigenvalue weighted by molar-refractivity contribution is 1.48. The summed E-state index contributed by atoms with van der Waals surface area (Å²) in [5, 5.41) is 11.7. The second kappa shape index (κ2) is 6.44. The monoisotopic (exact) mass is 379 g/mol. The quantitative estimate of drug-likeness (QED) is 0.302. The average molecular weight is 379 g/mol. The molecular formula is C29H17N. The van der Waals surface area contributed by atoms with E-state index in [1.807, 2.05) is 24.3 Å². The minimum absolute atomic E-state index is 0.684. The molecular weight excluding hydrogens is 362 g/mol. The lowest BCUT2D eigenvalue weighted by Crippen LogP contribution is -1.84. The fourth-order valence-electron chi connectivity index (χ4n) is 4.64. The maximum Gasteiger partial charge on any atom is 0.0991 e. The van der Waals surface area contributed by atoms with E-state index in [1.54, 1.807) is 0 Å². The summed E-state index contributed by atoms with van der Waals surface area (Å²) in [6, 6.07) is 38.4. The topological polar surface area (TPSA) is 23.8 Å². The van der Waals surface area contributed by atoms with Crippen molar-refractivity contribution in [2.75, 3.05) is 0 Å². The van der Waals surface area contributed by atoms with Gasteiger partial charge in [-0.05, 0) is 67.4 Å². The first-order valence-electron chi connectivity index (χ1n) is 10.1. The second-order valence-electron chi connectivity index (χ2n) is 7.70. The number of benzene rings is 5. The Bertz CT molecular complexity index is 1440. The van der Waals surface area contributed by atoms with Crippen LogP contribution in [0.5, 0.6) is 0 Å². The fraction of sp³-hybridized carbons (Fsp3) is 0. The predicted molar refractivity (Wildman–Crippen MR) is 124 cm³/mol. The Morgan fingerprint density at radius 3 is 1.63 bits per heavy atom. The number of nitrogens with zero attached hydrogens (tertiary/aromatic N) is 1. The van der Waals surface area contributed by atoms with Crippen LogP contribution in [0.3, 0.4) is 0 Å². The molecule has 6 rings (SSSR count). The predicted octanol–water partition coefficient (Wildman–Crippen LogP) is 7.69. The molecule has 5 aromatic carbocycles. The van der Waals surface area contributed by atoms with Gasteiger partial charge in [0.1, 0.15) is 0 Å². The zero-order valence-corrected chi connectivity index (χ0v) is 16.3. The minimum Gasteiger partial charge on any atom is -0.192 e. The van der Waals surface area contributed by atoms with E-state index in [0.29, 0.717) is 5.56 Å². The van der Waals surface area contributed by atoms with E-state index in [4.69, 9.17) is 5.26 Å². The fourth-order valence-corrected chi connectivity index (χ4v) is 4.64. The van der Waals surface area contributed by atoms with Gasteiger partial charge in [0.2, 0.25) is 0 Å². The van der Waals surface area contributed by atoms with Gasteiger partial charge in [0, 0.05) is 0 Å². The Labute approximate surface area is 175 Å². The average Bonchev–Trinajstić information content (AvgIpc) is 3.15. The third-order valence-electron chi connectivity index (χ3n) is 6.09. The molecule has 0 aliphatic heterocycles. The lowest BCUT2D eigenvalue weighted by Gasteiger charge is -2.10. The van der Waals surface area contributed by atoms with Gasteiger partial charge in [-0.25, -0.2) is 0 Å². The second-order valence-corrected chi connectivity index (χ2v) is 7.70. The van der Waals surface area contributed by atoms with E-state index in [1.165, 1.54) is 44.2 Å². The van der Waals surface area contributed by atoms with Crippen molar-refractivity contribution in [1.29, 1.82) is 5.26 Å². The lowest BCUT2D eigenvalue weighted by atomic mass is 9.93. The Hall–Kier alpha value is -4.15. The smallest absolute Gasteiger partial charge is 0.0991 e. The van der Waals surface area contributed by atoms with Gasteiger partial charge >= 0.3 is 0 Å². The van der Waals surface area contributed by atoms with E-state index in [0.717, 1.165) is 11.1 Å². The van der Waals surface area contributed by atoms with Crippen molar-refractivity contribution in [2.24, 2.45) is 0 Å². The summed E-state index contributed by atoms with van der Waals surface area (Å²) >= 11 is 0. The highest BCUT2D eigenvalue weighted by Gasteiger charge is 2.21. The number of nitriles is 1. The highest BCUT2D eigenvalue weighted by Crippen LogP contribution is 2.49. The SMILES string of the molecule is N#Cc1ccc(-c2ccc(-c3ccc4c5c(cccc35)-c3ccccc3-4)cc2)cc1. The molecule has 0 saturated carbocycles. The Balaban J connectivity index is 1.47. The highest BCUT2D eigenvalue weighted by atomic mass is 14.2. The van der Waals surface area contributed by atoms with Crippen LogP contribution in [0.15, 0.2) is 103 Å². The number of rotatable bonds is 2. The molecule has 0 N–H and O–H groups in total. The molecule has 138 valence electrons. The normalized spacial score (nSPS) is 11.3. The Morgan fingerprint density at radius 1 is 0.433 bits per heavy atom. The van der Waals surface area contributed by atoms with Gasteiger partial charge < -0.3 is 0 Å². The molecule has 0 fully saturated rings. The van der Waals surface area contributed by atoms with E-state index in [9.17, 15) is 0 Å². The first-order chi connectivity index (χ1) is 14.8. The van der Waals surface area contributed by atoms with Gasteiger partial charge in [0.25, 0.3) is 0 Å². The van der Waals surface area contributed by atoms with Crippen LogP contribution in [-0.2, 0) is 0 Å². The first-order valence-corrected chi connectivity index (χ1v) is 10.1. The van der Waals surface area contributed by atoms with Crippen LogP contribution in [0.1, 0.15) is 5.56 Å². The van der Waals surface area contributed by atoms with Crippen molar-refractivity contribution >= 4 is 10.8 Å². The molecule has 1 aliphatic carbocycles. The van der Waals surface area contributed by atoms with Crippen molar-refractivity contribution in [3.05, 3.63) is 109 Å². The van der Waals surface area contributed by atoms with Gasteiger partial charge in [-0.3, -0.25) is 0 Å². The third kappa shape index (κ3) is 2.41. The molecule has 0 aromatic heterocycles. The maximum atomic E-state index is 9.00. The maximum absolute atomic E-state index is 9.00. The molecule has 0 bridgehead atoms. The standard InChI is InChI=1S/C29H17N/c30-18-19-8-10-20(11-9-19)21-12-14-22(15-13-21)23-16-17-28-25-5-2-1-4-24(25)27-7-3-6-26(23)29(27)28/h1-17H. The van der Waals surface area contributed by atoms with E-state index >= 15 is 0 Å². The number of hydrogen-bond acceptors (Lipinski definition) is 1. The first kappa shape index (κ1) is 16.8.